The summed E-state index contributed by atoms with van der Waals surface area (Å²) in [7, 11) is 0. The summed E-state index contributed by atoms with van der Waals surface area (Å²) in [4.78, 5) is 0. The van der Waals surface area contributed by atoms with E-state index in [-0.39, 0.29) is 11.5 Å². The molecule has 0 aliphatic heterocycles. The normalized spacial score (nSPS) is 18.1. The van der Waals surface area contributed by atoms with E-state index < -0.39 is 6.10 Å². The SMILES string of the molecule is Oc1ccc(C(O)CNC2CCC2)cc1O. The summed E-state index contributed by atoms with van der Waals surface area (Å²) in [6.45, 7) is 0.481. The third kappa shape index (κ3) is 2.46. The molecule has 1 aliphatic carbocycles. The number of rotatable bonds is 4. The van der Waals surface area contributed by atoms with E-state index in [1.807, 2.05) is 0 Å². The second kappa shape index (κ2) is 4.72. The summed E-state index contributed by atoms with van der Waals surface area (Å²) in [6.07, 6.45) is 2.96. The first kappa shape index (κ1) is 11.2. The van der Waals surface area contributed by atoms with Gasteiger partial charge in [-0.1, -0.05) is 12.5 Å². The second-order valence-electron chi connectivity index (χ2n) is 4.30. The zero-order valence-corrected chi connectivity index (χ0v) is 9.06. The Bertz CT molecular complexity index is 363. The predicted molar refractivity (Wildman–Crippen MR) is 60.4 cm³/mol. The van der Waals surface area contributed by atoms with Gasteiger partial charge in [-0.25, -0.2) is 0 Å². The quantitative estimate of drug-likeness (QED) is 0.580. The number of phenols is 2. The fraction of sp³-hybridized carbons (Fsp3) is 0.500. The van der Waals surface area contributed by atoms with Crippen LogP contribution in [-0.2, 0) is 0 Å². The lowest BCUT2D eigenvalue weighted by molar-refractivity contribution is 0.161. The van der Waals surface area contributed by atoms with Crippen LogP contribution in [0.15, 0.2) is 18.2 Å². The van der Waals surface area contributed by atoms with Crippen molar-refractivity contribution < 1.29 is 15.3 Å². The molecule has 1 saturated carbocycles. The van der Waals surface area contributed by atoms with Crippen molar-refractivity contribution in [3.63, 3.8) is 0 Å². The van der Waals surface area contributed by atoms with Gasteiger partial charge in [0.25, 0.3) is 0 Å². The lowest BCUT2D eigenvalue weighted by Gasteiger charge is -2.27. The highest BCUT2D eigenvalue weighted by Crippen LogP contribution is 2.28. The van der Waals surface area contributed by atoms with Gasteiger partial charge in [0.2, 0.25) is 0 Å². The molecule has 88 valence electrons. The average Bonchev–Trinajstić information content (AvgIpc) is 2.19. The van der Waals surface area contributed by atoms with E-state index >= 15 is 0 Å². The number of aliphatic hydroxyl groups is 1. The highest BCUT2D eigenvalue weighted by atomic mass is 16.3. The molecule has 1 unspecified atom stereocenters. The van der Waals surface area contributed by atoms with Gasteiger partial charge in [0, 0.05) is 12.6 Å². The van der Waals surface area contributed by atoms with Crippen LogP contribution in [0.1, 0.15) is 30.9 Å². The van der Waals surface area contributed by atoms with Gasteiger partial charge in [-0.15, -0.1) is 0 Å². The Kier molecular flexibility index (Phi) is 3.31. The van der Waals surface area contributed by atoms with Crippen molar-refractivity contribution in [2.75, 3.05) is 6.54 Å². The Labute approximate surface area is 94.5 Å². The Morgan fingerprint density at radius 1 is 1.25 bits per heavy atom. The van der Waals surface area contributed by atoms with Gasteiger partial charge >= 0.3 is 0 Å². The number of hydrogen-bond acceptors (Lipinski definition) is 4. The molecule has 0 amide bonds. The standard InChI is InChI=1S/C12H17NO3/c14-10-5-4-8(6-11(10)15)12(16)7-13-9-2-1-3-9/h4-6,9,12-16H,1-3,7H2. The smallest absolute Gasteiger partial charge is 0.157 e. The molecule has 0 saturated heterocycles. The third-order valence-electron chi connectivity index (χ3n) is 3.09. The molecule has 0 spiro atoms. The first-order valence-electron chi connectivity index (χ1n) is 5.60. The molecule has 0 aromatic heterocycles. The minimum absolute atomic E-state index is 0.164. The molecular formula is C12H17NO3. The van der Waals surface area contributed by atoms with Gasteiger partial charge in [0.05, 0.1) is 6.10 Å². The van der Waals surface area contributed by atoms with Gasteiger partial charge in [-0.2, -0.15) is 0 Å². The fourth-order valence-corrected chi connectivity index (χ4v) is 1.76. The van der Waals surface area contributed by atoms with Crippen LogP contribution in [0.2, 0.25) is 0 Å². The van der Waals surface area contributed by atoms with E-state index in [0.717, 1.165) is 0 Å². The van der Waals surface area contributed by atoms with Crippen LogP contribution >= 0.6 is 0 Å². The number of phenolic OH excluding ortho intramolecular Hbond substituents is 2. The summed E-state index contributed by atoms with van der Waals surface area (Å²) in [5.41, 5.74) is 0.613. The molecule has 1 fully saturated rings. The van der Waals surface area contributed by atoms with Gasteiger partial charge in [0.15, 0.2) is 11.5 Å². The maximum atomic E-state index is 9.85. The van der Waals surface area contributed by atoms with Gasteiger partial charge in [-0.3, -0.25) is 0 Å². The summed E-state index contributed by atoms with van der Waals surface area (Å²) >= 11 is 0. The minimum Gasteiger partial charge on any atom is -0.504 e. The van der Waals surface area contributed by atoms with E-state index in [9.17, 15) is 10.2 Å². The Morgan fingerprint density at radius 2 is 2.00 bits per heavy atom. The van der Waals surface area contributed by atoms with Crippen LogP contribution in [0, 0.1) is 0 Å². The largest absolute Gasteiger partial charge is 0.504 e. The summed E-state index contributed by atoms with van der Waals surface area (Å²) < 4.78 is 0. The molecule has 1 aromatic rings. The van der Waals surface area contributed by atoms with E-state index in [0.29, 0.717) is 18.2 Å². The van der Waals surface area contributed by atoms with Gasteiger partial charge < -0.3 is 20.6 Å². The van der Waals surface area contributed by atoms with Crippen molar-refractivity contribution in [3.8, 4) is 11.5 Å². The molecule has 0 heterocycles. The molecule has 4 nitrogen and oxygen atoms in total. The Morgan fingerprint density at radius 3 is 2.56 bits per heavy atom. The third-order valence-corrected chi connectivity index (χ3v) is 3.09. The lowest BCUT2D eigenvalue weighted by atomic mass is 9.93. The zero-order chi connectivity index (χ0) is 11.5. The van der Waals surface area contributed by atoms with Crippen molar-refractivity contribution >= 4 is 0 Å². The maximum Gasteiger partial charge on any atom is 0.157 e. The first-order chi connectivity index (χ1) is 7.66. The number of nitrogens with one attached hydrogen (secondary N) is 1. The average molecular weight is 223 g/mol. The summed E-state index contributed by atoms with van der Waals surface area (Å²) in [6, 6.07) is 4.92. The van der Waals surface area contributed by atoms with Crippen LogP contribution in [0.4, 0.5) is 0 Å². The van der Waals surface area contributed by atoms with Crippen molar-refractivity contribution in [2.45, 2.75) is 31.4 Å². The molecule has 4 heteroatoms. The maximum absolute atomic E-state index is 9.85. The number of aliphatic hydroxyl groups excluding tert-OH is 1. The number of hydrogen-bond donors (Lipinski definition) is 4. The minimum atomic E-state index is -0.646. The molecule has 1 atom stereocenters. The monoisotopic (exact) mass is 223 g/mol. The molecule has 0 radical (unpaired) electrons. The van der Waals surface area contributed by atoms with E-state index in [1.165, 1.54) is 31.4 Å². The predicted octanol–water partition coefficient (Wildman–Crippen LogP) is 1.27. The second-order valence-corrected chi connectivity index (χ2v) is 4.30. The summed E-state index contributed by atoms with van der Waals surface area (Å²) in [5.74, 6) is -0.358. The Hall–Kier alpha value is -1.26. The van der Waals surface area contributed by atoms with Crippen LogP contribution in [0.25, 0.3) is 0 Å². The lowest BCUT2D eigenvalue weighted by Crippen LogP contribution is -2.37. The van der Waals surface area contributed by atoms with Crippen molar-refractivity contribution in [2.24, 2.45) is 0 Å². The van der Waals surface area contributed by atoms with Crippen molar-refractivity contribution in [1.82, 2.24) is 5.32 Å². The van der Waals surface area contributed by atoms with Crippen molar-refractivity contribution in [3.05, 3.63) is 23.8 Å². The Balaban J connectivity index is 1.91. The molecule has 2 rings (SSSR count). The molecular weight excluding hydrogens is 206 g/mol. The fourth-order valence-electron chi connectivity index (χ4n) is 1.76. The van der Waals surface area contributed by atoms with Gasteiger partial charge in [-0.05, 0) is 30.5 Å². The van der Waals surface area contributed by atoms with Crippen LogP contribution in [0.5, 0.6) is 11.5 Å². The van der Waals surface area contributed by atoms with Gasteiger partial charge in [0.1, 0.15) is 0 Å². The topological polar surface area (TPSA) is 72.7 Å². The molecule has 1 aliphatic rings. The van der Waals surface area contributed by atoms with Crippen LogP contribution in [-0.4, -0.2) is 27.9 Å². The highest BCUT2D eigenvalue weighted by molar-refractivity contribution is 5.41. The molecule has 16 heavy (non-hydrogen) atoms. The zero-order valence-electron chi connectivity index (χ0n) is 9.06. The molecule has 0 bridgehead atoms. The summed E-state index contributed by atoms with van der Waals surface area (Å²) in [5, 5.41) is 31.6. The number of benzene rings is 1. The first-order valence-corrected chi connectivity index (χ1v) is 5.60. The van der Waals surface area contributed by atoms with Crippen LogP contribution < -0.4 is 5.32 Å². The van der Waals surface area contributed by atoms with Crippen LogP contribution in [0.3, 0.4) is 0 Å². The number of aromatic hydroxyl groups is 2. The van der Waals surface area contributed by atoms with E-state index in [2.05, 4.69) is 5.32 Å². The molecule has 4 N–H and O–H groups in total. The van der Waals surface area contributed by atoms with E-state index in [1.54, 1.807) is 6.07 Å². The molecule has 1 aromatic carbocycles. The van der Waals surface area contributed by atoms with E-state index in [4.69, 9.17) is 5.11 Å². The van der Waals surface area contributed by atoms with Crippen molar-refractivity contribution in [1.29, 1.82) is 0 Å². The highest BCUT2D eigenvalue weighted by Gasteiger charge is 2.18.